The standard InChI is InChI=1S/C14H15NO3S/c16-13-11-5-1-2-6-12(11)14(17)15(13)9-19-8-10-4-3-7-18-10/h1-2,5-6,10H,3-4,7-9H2. The highest BCUT2D eigenvalue weighted by molar-refractivity contribution is 7.99. The molecule has 0 bridgehead atoms. The Hall–Kier alpha value is -1.33. The van der Waals surface area contributed by atoms with Gasteiger partial charge in [-0.15, -0.1) is 11.8 Å². The van der Waals surface area contributed by atoms with E-state index in [4.69, 9.17) is 4.74 Å². The van der Waals surface area contributed by atoms with E-state index in [1.54, 1.807) is 36.0 Å². The maximum Gasteiger partial charge on any atom is 0.262 e. The SMILES string of the molecule is O=C1c2ccccc2C(=O)N1CSCC1CCCO1. The molecule has 1 saturated heterocycles. The molecule has 1 aromatic rings. The molecule has 1 atom stereocenters. The van der Waals surface area contributed by atoms with Gasteiger partial charge in [0.15, 0.2) is 0 Å². The van der Waals surface area contributed by atoms with Crippen LogP contribution in [0.4, 0.5) is 0 Å². The zero-order chi connectivity index (χ0) is 13.2. The van der Waals surface area contributed by atoms with Crippen molar-refractivity contribution in [1.82, 2.24) is 4.90 Å². The summed E-state index contributed by atoms with van der Waals surface area (Å²) in [6, 6.07) is 6.99. The highest BCUT2D eigenvalue weighted by Crippen LogP contribution is 2.25. The van der Waals surface area contributed by atoms with Crippen LogP contribution < -0.4 is 0 Å². The molecule has 4 nitrogen and oxygen atoms in total. The Morgan fingerprint density at radius 1 is 1.21 bits per heavy atom. The smallest absolute Gasteiger partial charge is 0.262 e. The molecule has 1 fully saturated rings. The largest absolute Gasteiger partial charge is 0.377 e. The molecule has 0 saturated carbocycles. The van der Waals surface area contributed by atoms with Gasteiger partial charge in [0.25, 0.3) is 11.8 Å². The van der Waals surface area contributed by atoms with E-state index in [-0.39, 0.29) is 17.9 Å². The normalized spacial score (nSPS) is 22.1. The van der Waals surface area contributed by atoms with Crippen molar-refractivity contribution in [2.75, 3.05) is 18.2 Å². The van der Waals surface area contributed by atoms with Crippen LogP contribution in [0.3, 0.4) is 0 Å². The van der Waals surface area contributed by atoms with E-state index in [0.29, 0.717) is 17.0 Å². The molecule has 0 spiro atoms. The molecule has 2 heterocycles. The molecule has 0 N–H and O–H groups in total. The maximum absolute atomic E-state index is 12.1. The van der Waals surface area contributed by atoms with Gasteiger partial charge in [0.05, 0.1) is 23.1 Å². The van der Waals surface area contributed by atoms with Crippen molar-refractivity contribution in [1.29, 1.82) is 0 Å². The number of benzene rings is 1. The van der Waals surface area contributed by atoms with E-state index in [1.165, 1.54) is 4.90 Å². The topological polar surface area (TPSA) is 46.6 Å². The fraction of sp³-hybridized carbons (Fsp3) is 0.429. The van der Waals surface area contributed by atoms with E-state index < -0.39 is 0 Å². The van der Waals surface area contributed by atoms with E-state index in [9.17, 15) is 9.59 Å². The maximum atomic E-state index is 12.1. The number of hydrogen-bond donors (Lipinski definition) is 0. The summed E-state index contributed by atoms with van der Waals surface area (Å²) >= 11 is 1.59. The third-order valence-electron chi connectivity index (χ3n) is 3.43. The van der Waals surface area contributed by atoms with Crippen molar-refractivity contribution >= 4 is 23.6 Å². The van der Waals surface area contributed by atoms with Crippen LogP contribution in [0.2, 0.25) is 0 Å². The predicted octanol–water partition coefficient (Wildman–Crippen LogP) is 2.15. The van der Waals surface area contributed by atoms with Crippen molar-refractivity contribution in [3.8, 4) is 0 Å². The van der Waals surface area contributed by atoms with Gasteiger partial charge in [0.1, 0.15) is 0 Å². The minimum atomic E-state index is -0.180. The van der Waals surface area contributed by atoms with Gasteiger partial charge in [-0.1, -0.05) is 12.1 Å². The number of carbonyl (C=O) groups is 2. The number of amides is 2. The van der Waals surface area contributed by atoms with Crippen LogP contribution in [-0.4, -0.2) is 41.1 Å². The van der Waals surface area contributed by atoms with E-state index in [0.717, 1.165) is 25.2 Å². The number of nitrogens with zero attached hydrogens (tertiary/aromatic N) is 1. The second kappa shape index (κ2) is 5.35. The molecule has 100 valence electrons. The first-order valence-electron chi connectivity index (χ1n) is 6.42. The Bertz CT molecular complexity index is 476. The van der Waals surface area contributed by atoms with Gasteiger partial charge in [0.2, 0.25) is 0 Å². The van der Waals surface area contributed by atoms with Gasteiger partial charge in [-0.2, -0.15) is 0 Å². The minimum Gasteiger partial charge on any atom is -0.377 e. The van der Waals surface area contributed by atoms with Crippen molar-refractivity contribution in [3.05, 3.63) is 35.4 Å². The highest BCUT2D eigenvalue weighted by Gasteiger charge is 2.34. The average molecular weight is 277 g/mol. The summed E-state index contributed by atoms with van der Waals surface area (Å²) in [7, 11) is 0. The second-order valence-electron chi connectivity index (χ2n) is 4.72. The Morgan fingerprint density at radius 2 is 1.89 bits per heavy atom. The number of ether oxygens (including phenoxy) is 1. The van der Waals surface area contributed by atoms with Crippen LogP contribution in [0.1, 0.15) is 33.6 Å². The Kier molecular flexibility index (Phi) is 3.57. The molecule has 19 heavy (non-hydrogen) atoms. The molecule has 0 aliphatic carbocycles. The highest BCUT2D eigenvalue weighted by atomic mass is 32.2. The molecule has 2 aliphatic rings. The first kappa shape index (κ1) is 12.7. The molecule has 1 aromatic carbocycles. The third kappa shape index (κ3) is 2.40. The zero-order valence-corrected chi connectivity index (χ0v) is 11.3. The summed E-state index contributed by atoms with van der Waals surface area (Å²) in [5.74, 6) is 0.889. The van der Waals surface area contributed by atoms with Gasteiger partial charge < -0.3 is 4.74 Å². The van der Waals surface area contributed by atoms with Crippen molar-refractivity contribution in [2.24, 2.45) is 0 Å². The van der Waals surface area contributed by atoms with Crippen molar-refractivity contribution in [2.45, 2.75) is 18.9 Å². The van der Waals surface area contributed by atoms with Crippen molar-refractivity contribution < 1.29 is 14.3 Å². The molecular formula is C14H15NO3S. The number of thioether (sulfide) groups is 1. The summed E-state index contributed by atoms with van der Waals surface area (Å²) in [4.78, 5) is 25.5. The van der Waals surface area contributed by atoms with Gasteiger partial charge in [0, 0.05) is 12.4 Å². The Balaban J connectivity index is 1.60. The molecule has 5 heteroatoms. The number of imide groups is 1. The van der Waals surface area contributed by atoms with Gasteiger partial charge >= 0.3 is 0 Å². The molecule has 2 amide bonds. The molecule has 3 rings (SSSR count). The summed E-state index contributed by atoms with van der Waals surface area (Å²) < 4.78 is 5.52. The van der Waals surface area contributed by atoms with E-state index in [1.807, 2.05) is 0 Å². The van der Waals surface area contributed by atoms with Crippen LogP contribution in [0.25, 0.3) is 0 Å². The number of hydrogen-bond acceptors (Lipinski definition) is 4. The summed E-state index contributed by atoms with van der Waals surface area (Å²) in [5.41, 5.74) is 1.04. The summed E-state index contributed by atoms with van der Waals surface area (Å²) in [5, 5.41) is 0. The van der Waals surface area contributed by atoms with Crippen LogP contribution in [0, 0.1) is 0 Å². The average Bonchev–Trinajstić information content (AvgIpc) is 3.02. The lowest BCUT2D eigenvalue weighted by Gasteiger charge is -2.15. The van der Waals surface area contributed by atoms with Crippen LogP contribution in [0.5, 0.6) is 0 Å². The molecule has 2 aliphatic heterocycles. The Morgan fingerprint density at radius 3 is 2.47 bits per heavy atom. The van der Waals surface area contributed by atoms with Crippen LogP contribution in [-0.2, 0) is 4.74 Å². The molecule has 0 aromatic heterocycles. The lowest BCUT2D eigenvalue weighted by molar-refractivity contribution is 0.0683. The first-order chi connectivity index (χ1) is 9.27. The lowest BCUT2D eigenvalue weighted by Crippen LogP contribution is -2.30. The van der Waals surface area contributed by atoms with E-state index >= 15 is 0 Å². The van der Waals surface area contributed by atoms with Crippen LogP contribution in [0.15, 0.2) is 24.3 Å². The lowest BCUT2D eigenvalue weighted by atomic mass is 10.1. The van der Waals surface area contributed by atoms with Gasteiger partial charge in [-0.3, -0.25) is 14.5 Å². The van der Waals surface area contributed by atoms with Crippen LogP contribution >= 0.6 is 11.8 Å². The minimum absolute atomic E-state index is 0.180. The molecule has 0 radical (unpaired) electrons. The predicted molar refractivity (Wildman–Crippen MR) is 73.2 cm³/mol. The van der Waals surface area contributed by atoms with E-state index in [2.05, 4.69) is 0 Å². The third-order valence-corrected chi connectivity index (χ3v) is 4.47. The first-order valence-corrected chi connectivity index (χ1v) is 7.57. The molecular weight excluding hydrogens is 262 g/mol. The monoisotopic (exact) mass is 277 g/mol. The number of carbonyl (C=O) groups excluding carboxylic acids is 2. The molecule has 1 unspecified atom stereocenters. The Labute approximate surface area is 116 Å². The van der Waals surface area contributed by atoms with Gasteiger partial charge in [-0.25, -0.2) is 0 Å². The summed E-state index contributed by atoms with van der Waals surface area (Å²) in [6.07, 6.45) is 2.47. The van der Waals surface area contributed by atoms with Crippen molar-refractivity contribution in [3.63, 3.8) is 0 Å². The second-order valence-corrected chi connectivity index (χ2v) is 5.72. The number of fused-ring (bicyclic) bond motifs is 1. The fourth-order valence-electron chi connectivity index (χ4n) is 2.41. The fourth-order valence-corrected chi connectivity index (χ4v) is 3.46. The number of rotatable bonds is 4. The quantitative estimate of drug-likeness (QED) is 0.791. The summed E-state index contributed by atoms with van der Waals surface area (Å²) in [6.45, 7) is 0.832. The van der Waals surface area contributed by atoms with Gasteiger partial charge in [-0.05, 0) is 25.0 Å². The zero-order valence-electron chi connectivity index (χ0n) is 10.5.